The molecule has 1 saturated carbocycles. The summed E-state index contributed by atoms with van der Waals surface area (Å²) in [6.07, 6.45) is 9.09. The van der Waals surface area contributed by atoms with Gasteiger partial charge in [-0.05, 0) is 48.5 Å². The molecular formula is C14H16. The fraction of sp³-hybridized carbons (Fsp3) is 0.429. The molecule has 0 nitrogen and oxygen atoms in total. The molecule has 2 aliphatic rings. The first-order valence-corrected chi connectivity index (χ1v) is 5.62. The summed E-state index contributed by atoms with van der Waals surface area (Å²) >= 11 is 0. The number of rotatable bonds is 1. The van der Waals surface area contributed by atoms with E-state index in [4.69, 9.17) is 0 Å². The van der Waals surface area contributed by atoms with Crippen molar-refractivity contribution in [1.82, 2.24) is 0 Å². The largest absolute Gasteiger partial charge is 0.0761 e. The minimum Gasteiger partial charge on any atom is -0.0761 e. The molecule has 1 unspecified atom stereocenters. The van der Waals surface area contributed by atoms with E-state index >= 15 is 0 Å². The highest BCUT2D eigenvalue weighted by Crippen LogP contribution is 2.39. The number of fused-ring (bicyclic) bond motifs is 1. The second-order valence-electron chi connectivity index (χ2n) is 4.74. The van der Waals surface area contributed by atoms with Crippen molar-refractivity contribution < 1.29 is 0 Å². The van der Waals surface area contributed by atoms with E-state index in [1.54, 1.807) is 0 Å². The summed E-state index contributed by atoms with van der Waals surface area (Å²) < 4.78 is 0. The molecule has 72 valence electrons. The zero-order chi connectivity index (χ0) is 9.54. The van der Waals surface area contributed by atoms with Crippen molar-refractivity contribution in [1.29, 1.82) is 0 Å². The first kappa shape index (κ1) is 8.28. The van der Waals surface area contributed by atoms with Crippen LogP contribution in [0.1, 0.15) is 24.8 Å². The van der Waals surface area contributed by atoms with Crippen LogP contribution in [0.5, 0.6) is 0 Å². The van der Waals surface area contributed by atoms with E-state index in [0.717, 1.165) is 11.8 Å². The maximum Gasteiger partial charge on any atom is -0.0161 e. The lowest BCUT2D eigenvalue weighted by Crippen LogP contribution is -2.29. The van der Waals surface area contributed by atoms with Gasteiger partial charge in [0.15, 0.2) is 0 Å². The predicted molar refractivity (Wildman–Crippen MR) is 60.2 cm³/mol. The van der Waals surface area contributed by atoms with E-state index in [-0.39, 0.29) is 0 Å². The van der Waals surface area contributed by atoms with Crippen LogP contribution in [0, 0.1) is 18.8 Å². The molecule has 1 fully saturated rings. The van der Waals surface area contributed by atoms with Crippen molar-refractivity contribution >= 4 is 12.2 Å². The van der Waals surface area contributed by atoms with Crippen LogP contribution in [0.25, 0.3) is 12.2 Å². The van der Waals surface area contributed by atoms with Gasteiger partial charge in [0.25, 0.3) is 0 Å². The zero-order valence-electron chi connectivity index (χ0n) is 8.66. The summed E-state index contributed by atoms with van der Waals surface area (Å²) in [5, 5.41) is 2.90. The van der Waals surface area contributed by atoms with E-state index in [2.05, 4.69) is 37.3 Å². The molecule has 0 amide bonds. The minimum atomic E-state index is 0.838. The summed E-state index contributed by atoms with van der Waals surface area (Å²) in [4.78, 5) is 0. The smallest absolute Gasteiger partial charge is 0.0161 e. The van der Waals surface area contributed by atoms with Crippen LogP contribution in [0.15, 0.2) is 18.2 Å². The Morgan fingerprint density at radius 2 is 2.00 bits per heavy atom. The van der Waals surface area contributed by atoms with E-state index in [1.165, 1.54) is 35.3 Å². The molecule has 0 radical (unpaired) electrons. The van der Waals surface area contributed by atoms with Gasteiger partial charge in [-0.3, -0.25) is 0 Å². The molecule has 0 saturated heterocycles. The Morgan fingerprint density at radius 1 is 1.14 bits per heavy atom. The summed E-state index contributed by atoms with van der Waals surface area (Å²) in [7, 11) is 0. The molecule has 0 aromatic heterocycles. The van der Waals surface area contributed by atoms with Crippen molar-refractivity contribution in [3.8, 4) is 0 Å². The standard InChI is InChI=1S/C14H16/c1-10-2-3-14-9-13(11-4-5-11)7-6-12(14)8-10/h2-3,6,8-9,11,13H,4-5,7H2,1H3. The summed E-state index contributed by atoms with van der Waals surface area (Å²) in [6.45, 7) is 2.17. The van der Waals surface area contributed by atoms with Crippen LogP contribution in [-0.4, -0.2) is 0 Å². The Hall–Kier alpha value is -1.04. The van der Waals surface area contributed by atoms with Gasteiger partial charge in [0.1, 0.15) is 0 Å². The quantitative estimate of drug-likeness (QED) is 0.626. The second kappa shape index (κ2) is 2.98. The van der Waals surface area contributed by atoms with Crippen molar-refractivity contribution in [2.45, 2.75) is 26.2 Å². The van der Waals surface area contributed by atoms with E-state index < -0.39 is 0 Å². The van der Waals surface area contributed by atoms with Gasteiger partial charge in [-0.25, -0.2) is 0 Å². The Bertz CT molecular complexity index is 463. The molecular weight excluding hydrogens is 168 g/mol. The third-order valence-electron chi connectivity index (χ3n) is 3.47. The van der Waals surface area contributed by atoms with Gasteiger partial charge < -0.3 is 0 Å². The number of benzene rings is 1. The molecule has 0 spiro atoms. The van der Waals surface area contributed by atoms with E-state index in [9.17, 15) is 0 Å². The van der Waals surface area contributed by atoms with Gasteiger partial charge in [0.05, 0.1) is 0 Å². The number of hydrogen-bond donors (Lipinski definition) is 0. The van der Waals surface area contributed by atoms with Crippen LogP contribution >= 0.6 is 0 Å². The molecule has 0 heterocycles. The second-order valence-corrected chi connectivity index (χ2v) is 4.74. The molecule has 0 aliphatic heterocycles. The van der Waals surface area contributed by atoms with Crippen LogP contribution in [0.4, 0.5) is 0 Å². The molecule has 0 heteroatoms. The van der Waals surface area contributed by atoms with Gasteiger partial charge in [-0.1, -0.05) is 35.9 Å². The average molecular weight is 184 g/mol. The first-order valence-electron chi connectivity index (χ1n) is 5.62. The normalized spacial score (nSPS) is 24.8. The van der Waals surface area contributed by atoms with Crippen molar-refractivity contribution in [3.63, 3.8) is 0 Å². The van der Waals surface area contributed by atoms with E-state index in [0.29, 0.717) is 0 Å². The average Bonchev–Trinajstić information content (AvgIpc) is 3.00. The van der Waals surface area contributed by atoms with Crippen LogP contribution in [-0.2, 0) is 0 Å². The van der Waals surface area contributed by atoms with Gasteiger partial charge in [-0.15, -0.1) is 0 Å². The Balaban J connectivity index is 2.09. The maximum absolute atomic E-state index is 2.49. The predicted octanol–water partition coefficient (Wildman–Crippen LogP) is 1.99. The molecule has 0 N–H and O–H groups in total. The Labute approximate surface area is 85.0 Å². The van der Waals surface area contributed by atoms with Crippen molar-refractivity contribution in [2.75, 3.05) is 0 Å². The molecule has 1 aromatic rings. The van der Waals surface area contributed by atoms with Gasteiger partial charge in [0.2, 0.25) is 0 Å². The highest BCUT2D eigenvalue weighted by molar-refractivity contribution is 5.42. The van der Waals surface area contributed by atoms with Crippen molar-refractivity contribution in [3.05, 3.63) is 34.2 Å². The SMILES string of the molecule is Cc1ccc2c(c1)=CCC(C1CC1)C=2. The summed E-state index contributed by atoms with van der Waals surface area (Å²) in [5.41, 5.74) is 1.37. The lowest BCUT2D eigenvalue weighted by Gasteiger charge is -2.12. The zero-order valence-corrected chi connectivity index (χ0v) is 8.66. The maximum atomic E-state index is 2.49. The van der Waals surface area contributed by atoms with Crippen LogP contribution in [0.2, 0.25) is 0 Å². The fourth-order valence-corrected chi connectivity index (χ4v) is 2.44. The Kier molecular flexibility index (Phi) is 1.76. The number of aryl methyl sites for hydroxylation is 1. The molecule has 14 heavy (non-hydrogen) atoms. The molecule has 3 rings (SSSR count). The highest BCUT2D eigenvalue weighted by Gasteiger charge is 2.29. The van der Waals surface area contributed by atoms with Gasteiger partial charge in [-0.2, -0.15) is 0 Å². The molecule has 1 atom stereocenters. The highest BCUT2D eigenvalue weighted by atomic mass is 14.3. The van der Waals surface area contributed by atoms with E-state index in [1.807, 2.05) is 0 Å². The lowest BCUT2D eigenvalue weighted by molar-refractivity contribution is 0.617. The van der Waals surface area contributed by atoms with Crippen molar-refractivity contribution in [2.24, 2.45) is 11.8 Å². The van der Waals surface area contributed by atoms with Crippen LogP contribution in [0.3, 0.4) is 0 Å². The fourth-order valence-electron chi connectivity index (χ4n) is 2.44. The van der Waals surface area contributed by atoms with Gasteiger partial charge in [0, 0.05) is 0 Å². The lowest BCUT2D eigenvalue weighted by atomic mass is 9.93. The molecule has 1 aromatic carbocycles. The first-order chi connectivity index (χ1) is 6.83. The summed E-state index contributed by atoms with van der Waals surface area (Å²) in [5.74, 6) is 1.84. The van der Waals surface area contributed by atoms with Crippen LogP contribution < -0.4 is 10.4 Å². The van der Waals surface area contributed by atoms with Gasteiger partial charge >= 0.3 is 0 Å². The third kappa shape index (κ3) is 1.39. The third-order valence-corrected chi connectivity index (χ3v) is 3.47. The molecule has 0 bridgehead atoms. The monoisotopic (exact) mass is 184 g/mol. The molecule has 2 aliphatic carbocycles. The topological polar surface area (TPSA) is 0 Å². The Morgan fingerprint density at radius 3 is 2.79 bits per heavy atom. The number of hydrogen-bond acceptors (Lipinski definition) is 0. The summed E-state index contributed by atoms with van der Waals surface area (Å²) in [6, 6.07) is 6.79. The minimum absolute atomic E-state index is 0.838.